The smallest absolute Gasteiger partial charge is 0.269 e. The van der Waals surface area contributed by atoms with Gasteiger partial charge in [0.1, 0.15) is 10.6 Å². The molecule has 5 rings (SSSR count). The van der Waals surface area contributed by atoms with Gasteiger partial charge in [-0.25, -0.2) is 13.4 Å². The molecule has 2 N–H and O–H groups in total. The minimum absolute atomic E-state index is 0.00954. The van der Waals surface area contributed by atoms with E-state index >= 15 is 0 Å². The van der Waals surface area contributed by atoms with Gasteiger partial charge in [-0.05, 0) is 43.2 Å². The van der Waals surface area contributed by atoms with Crippen molar-refractivity contribution in [1.82, 2.24) is 19.3 Å². The molecule has 0 amide bonds. The molecule has 2 aromatic carbocycles. The summed E-state index contributed by atoms with van der Waals surface area (Å²) >= 11 is 3.44. The lowest BCUT2D eigenvalue weighted by Crippen LogP contribution is -2.28. The van der Waals surface area contributed by atoms with Crippen molar-refractivity contribution in [1.29, 1.82) is 0 Å². The number of benzene rings is 2. The van der Waals surface area contributed by atoms with Gasteiger partial charge in [-0.1, -0.05) is 15.9 Å². The summed E-state index contributed by atoms with van der Waals surface area (Å²) < 4.78 is 29.4. The number of sulfonamides is 1. The number of nitrogens with one attached hydrogen (secondary N) is 2. The van der Waals surface area contributed by atoms with Gasteiger partial charge in [-0.3, -0.25) is 10.1 Å². The second-order valence-electron chi connectivity index (χ2n) is 7.57. The van der Waals surface area contributed by atoms with Gasteiger partial charge in [0.05, 0.1) is 10.6 Å². The number of hydrogen-bond acceptors (Lipinski definition) is 5. The Morgan fingerprint density at radius 1 is 1.09 bits per heavy atom. The predicted octanol–water partition coefficient (Wildman–Crippen LogP) is 4.68. The molecule has 0 radical (unpaired) electrons. The number of nitro benzene ring substituents is 1. The van der Waals surface area contributed by atoms with Crippen LogP contribution >= 0.6 is 15.9 Å². The van der Waals surface area contributed by atoms with Crippen molar-refractivity contribution in [3.8, 4) is 22.8 Å². The fraction of sp³-hybridized carbons (Fsp3) is 0.190. The largest absolute Gasteiger partial charge is 0.351 e. The SMILES string of the molecule is O=[N+]([O-])c1ccc(-c2c[nH]c(-c3[nH]c4ccc(Br)cc4c3S(=O)(=O)N3CCCC3)n2)cc1. The monoisotopic (exact) mass is 515 g/mol. The second-order valence-corrected chi connectivity index (χ2v) is 10.4. The van der Waals surface area contributed by atoms with Gasteiger partial charge < -0.3 is 9.97 Å². The van der Waals surface area contributed by atoms with Crippen LogP contribution in [0.5, 0.6) is 0 Å². The van der Waals surface area contributed by atoms with Crippen LogP contribution in [0.25, 0.3) is 33.7 Å². The molecule has 4 aromatic rings. The van der Waals surface area contributed by atoms with E-state index in [1.165, 1.54) is 16.4 Å². The summed E-state index contributed by atoms with van der Waals surface area (Å²) in [6.07, 6.45) is 3.33. The molecule has 32 heavy (non-hydrogen) atoms. The highest BCUT2D eigenvalue weighted by Gasteiger charge is 2.33. The lowest BCUT2D eigenvalue weighted by Gasteiger charge is -2.16. The summed E-state index contributed by atoms with van der Waals surface area (Å²) in [5.74, 6) is 0.378. The summed E-state index contributed by atoms with van der Waals surface area (Å²) in [6.45, 7) is 0.989. The summed E-state index contributed by atoms with van der Waals surface area (Å²) in [4.78, 5) is 21.5. The Morgan fingerprint density at radius 2 is 1.81 bits per heavy atom. The summed E-state index contributed by atoms with van der Waals surface area (Å²) in [5.41, 5.74) is 2.30. The van der Waals surface area contributed by atoms with Crippen LogP contribution in [0.3, 0.4) is 0 Å². The van der Waals surface area contributed by atoms with E-state index in [-0.39, 0.29) is 10.6 Å². The van der Waals surface area contributed by atoms with Crippen molar-refractivity contribution in [2.45, 2.75) is 17.7 Å². The molecule has 0 atom stereocenters. The van der Waals surface area contributed by atoms with E-state index in [0.717, 1.165) is 17.3 Å². The lowest BCUT2D eigenvalue weighted by atomic mass is 10.1. The Labute approximate surface area is 191 Å². The Bertz CT molecular complexity index is 1440. The maximum atomic E-state index is 13.6. The first-order chi connectivity index (χ1) is 15.3. The van der Waals surface area contributed by atoms with Crippen LogP contribution in [-0.4, -0.2) is 45.7 Å². The van der Waals surface area contributed by atoms with Crippen molar-refractivity contribution >= 4 is 42.5 Å². The van der Waals surface area contributed by atoms with E-state index in [2.05, 4.69) is 30.9 Å². The minimum Gasteiger partial charge on any atom is -0.351 e. The third kappa shape index (κ3) is 3.51. The number of hydrogen-bond donors (Lipinski definition) is 2. The molecule has 2 aromatic heterocycles. The zero-order chi connectivity index (χ0) is 22.5. The zero-order valence-corrected chi connectivity index (χ0v) is 19.1. The Hall–Kier alpha value is -3.02. The number of nitrogens with zero attached hydrogens (tertiary/aromatic N) is 3. The highest BCUT2D eigenvalue weighted by Crippen LogP contribution is 2.37. The molecule has 0 unspecified atom stereocenters. The molecule has 11 heteroatoms. The lowest BCUT2D eigenvalue weighted by molar-refractivity contribution is -0.384. The first-order valence-electron chi connectivity index (χ1n) is 9.96. The highest BCUT2D eigenvalue weighted by atomic mass is 79.9. The fourth-order valence-electron chi connectivity index (χ4n) is 3.98. The molecule has 0 bridgehead atoms. The van der Waals surface area contributed by atoms with Gasteiger partial charge in [0, 0.05) is 52.4 Å². The maximum absolute atomic E-state index is 13.6. The first-order valence-corrected chi connectivity index (χ1v) is 12.2. The molecule has 164 valence electrons. The van der Waals surface area contributed by atoms with Crippen LogP contribution in [-0.2, 0) is 10.0 Å². The van der Waals surface area contributed by atoms with Crippen molar-refractivity contribution in [3.05, 3.63) is 63.2 Å². The van der Waals surface area contributed by atoms with E-state index in [1.54, 1.807) is 24.4 Å². The van der Waals surface area contributed by atoms with E-state index in [9.17, 15) is 18.5 Å². The molecule has 1 aliphatic heterocycles. The highest BCUT2D eigenvalue weighted by molar-refractivity contribution is 9.10. The number of aromatic amines is 2. The average Bonchev–Trinajstić information content (AvgIpc) is 3.52. The number of halogens is 1. The van der Waals surface area contributed by atoms with Crippen molar-refractivity contribution in [3.63, 3.8) is 0 Å². The van der Waals surface area contributed by atoms with Crippen LogP contribution in [0.2, 0.25) is 0 Å². The number of H-pyrrole nitrogens is 2. The molecular formula is C21H18BrN5O4S. The second kappa shape index (κ2) is 7.84. The third-order valence-electron chi connectivity index (χ3n) is 5.56. The molecule has 1 fully saturated rings. The van der Waals surface area contributed by atoms with Gasteiger partial charge in [0.15, 0.2) is 5.82 Å². The van der Waals surface area contributed by atoms with Gasteiger partial charge >= 0.3 is 0 Å². The number of non-ortho nitro benzene ring substituents is 1. The van der Waals surface area contributed by atoms with Crippen LogP contribution < -0.4 is 0 Å². The van der Waals surface area contributed by atoms with Gasteiger partial charge in [0.25, 0.3) is 5.69 Å². The number of imidazole rings is 1. The Morgan fingerprint density at radius 3 is 2.50 bits per heavy atom. The van der Waals surface area contributed by atoms with E-state index in [0.29, 0.717) is 46.8 Å². The van der Waals surface area contributed by atoms with Crippen LogP contribution in [0, 0.1) is 10.1 Å². The minimum atomic E-state index is -3.74. The standard InChI is InChI=1S/C21H18BrN5O4S/c22-14-5-8-17-16(11-14)20(32(30,31)26-9-1-2-10-26)19(24-17)21-23-12-18(25-21)13-3-6-15(7-4-13)27(28)29/h3-8,11-12,24H,1-2,9-10H2,(H,23,25). The summed E-state index contributed by atoms with van der Waals surface area (Å²) in [6, 6.07) is 11.5. The van der Waals surface area contributed by atoms with Gasteiger partial charge in [0.2, 0.25) is 10.0 Å². The van der Waals surface area contributed by atoms with E-state index in [4.69, 9.17) is 0 Å². The van der Waals surface area contributed by atoms with Crippen molar-refractivity contribution in [2.24, 2.45) is 0 Å². The molecule has 0 spiro atoms. The molecular weight excluding hydrogens is 498 g/mol. The molecule has 3 heterocycles. The molecule has 0 saturated carbocycles. The summed E-state index contributed by atoms with van der Waals surface area (Å²) in [5, 5.41) is 11.5. The molecule has 9 nitrogen and oxygen atoms in total. The van der Waals surface area contributed by atoms with Crippen molar-refractivity contribution < 1.29 is 13.3 Å². The third-order valence-corrected chi connectivity index (χ3v) is 8.04. The summed E-state index contributed by atoms with van der Waals surface area (Å²) in [7, 11) is -3.74. The predicted molar refractivity (Wildman–Crippen MR) is 124 cm³/mol. The normalized spacial score (nSPS) is 14.9. The number of aromatic nitrogens is 3. The maximum Gasteiger partial charge on any atom is 0.269 e. The van der Waals surface area contributed by atoms with Gasteiger partial charge in [-0.15, -0.1) is 0 Å². The average molecular weight is 516 g/mol. The van der Waals surface area contributed by atoms with Gasteiger partial charge in [-0.2, -0.15) is 4.31 Å². The van der Waals surface area contributed by atoms with E-state index < -0.39 is 14.9 Å². The van der Waals surface area contributed by atoms with E-state index in [1.807, 2.05) is 12.1 Å². The number of rotatable bonds is 5. The fourth-order valence-corrected chi connectivity index (χ4v) is 6.19. The molecule has 1 aliphatic rings. The Balaban J connectivity index is 1.64. The Kier molecular flexibility index (Phi) is 5.11. The molecule has 1 saturated heterocycles. The molecule has 0 aliphatic carbocycles. The number of fused-ring (bicyclic) bond motifs is 1. The zero-order valence-electron chi connectivity index (χ0n) is 16.7. The topological polar surface area (TPSA) is 125 Å². The quantitative estimate of drug-likeness (QED) is 0.294. The van der Waals surface area contributed by atoms with Crippen LogP contribution in [0.4, 0.5) is 5.69 Å². The van der Waals surface area contributed by atoms with Crippen LogP contribution in [0.1, 0.15) is 12.8 Å². The number of nitro groups is 1. The van der Waals surface area contributed by atoms with Crippen LogP contribution in [0.15, 0.2) is 58.0 Å². The first kappa shape index (κ1) is 20.9. The van der Waals surface area contributed by atoms with Crippen molar-refractivity contribution in [2.75, 3.05) is 13.1 Å².